The number of hydrogen-bond donors (Lipinski definition) is 2. The molecule has 0 radical (unpaired) electrons. The third kappa shape index (κ3) is 3.72. The van der Waals surface area contributed by atoms with Crippen LogP contribution in [0.5, 0.6) is 5.75 Å². The predicted molar refractivity (Wildman–Crippen MR) is 79.6 cm³/mol. The highest BCUT2D eigenvalue weighted by Gasteiger charge is 2.25. The molecule has 20 heavy (non-hydrogen) atoms. The molecule has 110 valence electrons. The van der Waals surface area contributed by atoms with Gasteiger partial charge in [-0.1, -0.05) is 28.8 Å². The zero-order valence-electron chi connectivity index (χ0n) is 11.2. The van der Waals surface area contributed by atoms with Gasteiger partial charge in [0.05, 0.1) is 5.56 Å². The van der Waals surface area contributed by atoms with Gasteiger partial charge in [0.15, 0.2) is 0 Å². The molecule has 0 saturated heterocycles. The summed E-state index contributed by atoms with van der Waals surface area (Å²) in [7, 11) is 0. The summed E-state index contributed by atoms with van der Waals surface area (Å²) < 4.78 is 13.6. The van der Waals surface area contributed by atoms with Crippen LogP contribution >= 0.6 is 15.9 Å². The number of halogens is 2. The molecule has 1 aromatic carbocycles. The van der Waals surface area contributed by atoms with Crippen LogP contribution in [0.4, 0.5) is 4.39 Å². The summed E-state index contributed by atoms with van der Waals surface area (Å²) in [4.78, 5) is 12.0. The molecule has 1 aromatic rings. The van der Waals surface area contributed by atoms with Crippen molar-refractivity contribution in [2.45, 2.75) is 25.7 Å². The van der Waals surface area contributed by atoms with Gasteiger partial charge in [0.25, 0.3) is 5.91 Å². The summed E-state index contributed by atoms with van der Waals surface area (Å²) in [6.45, 7) is 0.579. The van der Waals surface area contributed by atoms with Crippen molar-refractivity contribution >= 4 is 21.8 Å². The SMILES string of the molecule is O=C(NCC1CCCCC1CBr)c1ccc(O)cc1F. The Kier molecular flexibility index (Phi) is 5.40. The highest BCUT2D eigenvalue weighted by molar-refractivity contribution is 9.09. The number of rotatable bonds is 4. The third-order valence-electron chi connectivity index (χ3n) is 3.99. The van der Waals surface area contributed by atoms with Crippen LogP contribution in [0, 0.1) is 17.7 Å². The lowest BCUT2D eigenvalue weighted by molar-refractivity contribution is 0.0933. The molecule has 1 amide bonds. The normalized spacial score (nSPS) is 22.5. The maximum Gasteiger partial charge on any atom is 0.254 e. The van der Waals surface area contributed by atoms with E-state index in [0.717, 1.165) is 17.8 Å². The van der Waals surface area contributed by atoms with Crippen molar-refractivity contribution in [3.63, 3.8) is 0 Å². The van der Waals surface area contributed by atoms with Crippen LogP contribution in [0.2, 0.25) is 0 Å². The molecule has 2 atom stereocenters. The molecule has 2 N–H and O–H groups in total. The molecule has 1 saturated carbocycles. The zero-order valence-corrected chi connectivity index (χ0v) is 12.8. The first-order valence-corrected chi connectivity index (χ1v) is 8.06. The van der Waals surface area contributed by atoms with E-state index in [1.54, 1.807) is 0 Å². The van der Waals surface area contributed by atoms with Crippen LogP contribution in [-0.2, 0) is 0 Å². The monoisotopic (exact) mass is 343 g/mol. The Bertz CT molecular complexity index is 481. The number of phenolic OH excluding ortho intramolecular Hbond substituents is 1. The maximum atomic E-state index is 13.6. The minimum Gasteiger partial charge on any atom is -0.508 e. The van der Waals surface area contributed by atoms with Gasteiger partial charge in [-0.3, -0.25) is 4.79 Å². The quantitative estimate of drug-likeness (QED) is 0.822. The van der Waals surface area contributed by atoms with Crippen LogP contribution in [-0.4, -0.2) is 22.9 Å². The summed E-state index contributed by atoms with van der Waals surface area (Å²) >= 11 is 3.52. The van der Waals surface area contributed by atoms with E-state index >= 15 is 0 Å². The lowest BCUT2D eigenvalue weighted by Gasteiger charge is -2.30. The number of carbonyl (C=O) groups excluding carboxylic acids is 1. The molecule has 3 nitrogen and oxygen atoms in total. The smallest absolute Gasteiger partial charge is 0.254 e. The van der Waals surface area contributed by atoms with Crippen LogP contribution in [0.15, 0.2) is 18.2 Å². The van der Waals surface area contributed by atoms with Crippen molar-refractivity contribution in [1.29, 1.82) is 0 Å². The second-order valence-electron chi connectivity index (χ2n) is 5.33. The topological polar surface area (TPSA) is 49.3 Å². The van der Waals surface area contributed by atoms with E-state index < -0.39 is 11.7 Å². The Balaban J connectivity index is 1.94. The van der Waals surface area contributed by atoms with E-state index in [2.05, 4.69) is 21.2 Å². The van der Waals surface area contributed by atoms with Gasteiger partial charge in [-0.15, -0.1) is 0 Å². The van der Waals surface area contributed by atoms with Gasteiger partial charge >= 0.3 is 0 Å². The number of alkyl halides is 1. The fourth-order valence-corrected chi connectivity index (χ4v) is 3.62. The zero-order chi connectivity index (χ0) is 14.5. The van der Waals surface area contributed by atoms with Crippen molar-refractivity contribution < 1.29 is 14.3 Å². The largest absolute Gasteiger partial charge is 0.508 e. The molecule has 0 spiro atoms. The van der Waals surface area contributed by atoms with Crippen LogP contribution in [0.3, 0.4) is 0 Å². The Morgan fingerprint density at radius 1 is 1.35 bits per heavy atom. The van der Waals surface area contributed by atoms with E-state index in [1.807, 2.05) is 0 Å². The summed E-state index contributed by atoms with van der Waals surface area (Å²) in [5.74, 6) is -0.253. The molecule has 0 heterocycles. The third-order valence-corrected chi connectivity index (χ3v) is 4.82. The van der Waals surface area contributed by atoms with Gasteiger partial charge in [0, 0.05) is 17.9 Å². The number of benzene rings is 1. The van der Waals surface area contributed by atoms with Crippen molar-refractivity contribution in [2.24, 2.45) is 11.8 Å². The van der Waals surface area contributed by atoms with E-state index in [9.17, 15) is 9.18 Å². The second-order valence-corrected chi connectivity index (χ2v) is 5.98. The maximum absolute atomic E-state index is 13.6. The van der Waals surface area contributed by atoms with Gasteiger partial charge in [0.2, 0.25) is 0 Å². The number of hydrogen-bond acceptors (Lipinski definition) is 2. The molecule has 1 fully saturated rings. The standard InChI is InChI=1S/C15H19BrFNO2/c16-8-10-3-1-2-4-11(10)9-18-15(20)13-6-5-12(19)7-14(13)17/h5-7,10-11,19H,1-4,8-9H2,(H,18,20). The number of phenols is 1. The van der Waals surface area contributed by atoms with E-state index in [-0.39, 0.29) is 11.3 Å². The van der Waals surface area contributed by atoms with E-state index in [4.69, 9.17) is 5.11 Å². The average molecular weight is 344 g/mol. The summed E-state index contributed by atoms with van der Waals surface area (Å²) in [6.07, 6.45) is 4.72. The minimum absolute atomic E-state index is 0.0194. The summed E-state index contributed by atoms with van der Waals surface area (Å²) in [5.41, 5.74) is -0.0194. The molecular weight excluding hydrogens is 325 g/mol. The summed E-state index contributed by atoms with van der Waals surface area (Å²) in [6, 6.07) is 3.58. The minimum atomic E-state index is -0.691. The molecule has 1 aliphatic rings. The van der Waals surface area contributed by atoms with Gasteiger partial charge in [0.1, 0.15) is 11.6 Å². The van der Waals surface area contributed by atoms with Crippen molar-refractivity contribution in [3.8, 4) is 5.75 Å². The Hall–Kier alpha value is -1.10. The predicted octanol–water partition coefficient (Wildman–Crippen LogP) is 3.46. The number of nitrogens with one attached hydrogen (secondary N) is 1. The van der Waals surface area contributed by atoms with Gasteiger partial charge in [-0.05, 0) is 36.8 Å². The van der Waals surface area contributed by atoms with Gasteiger partial charge < -0.3 is 10.4 Å². The van der Waals surface area contributed by atoms with Crippen LogP contribution < -0.4 is 5.32 Å². The van der Waals surface area contributed by atoms with Crippen molar-refractivity contribution in [2.75, 3.05) is 11.9 Å². The van der Waals surface area contributed by atoms with Crippen molar-refractivity contribution in [3.05, 3.63) is 29.6 Å². The fourth-order valence-electron chi connectivity index (χ4n) is 2.76. The number of carbonyl (C=O) groups is 1. The number of amides is 1. The lowest BCUT2D eigenvalue weighted by atomic mass is 9.80. The molecule has 0 bridgehead atoms. The molecule has 2 unspecified atom stereocenters. The average Bonchev–Trinajstić information content (AvgIpc) is 2.45. The highest BCUT2D eigenvalue weighted by Crippen LogP contribution is 2.30. The molecule has 0 aliphatic heterocycles. The Morgan fingerprint density at radius 3 is 2.70 bits per heavy atom. The van der Waals surface area contributed by atoms with Crippen LogP contribution in [0.25, 0.3) is 0 Å². The molecule has 0 aromatic heterocycles. The Morgan fingerprint density at radius 2 is 2.05 bits per heavy atom. The van der Waals surface area contributed by atoms with Crippen molar-refractivity contribution in [1.82, 2.24) is 5.32 Å². The van der Waals surface area contributed by atoms with Gasteiger partial charge in [-0.2, -0.15) is 0 Å². The Labute approximate surface area is 126 Å². The fraction of sp³-hybridized carbons (Fsp3) is 0.533. The molecular formula is C15H19BrFNO2. The van der Waals surface area contributed by atoms with Gasteiger partial charge in [-0.25, -0.2) is 4.39 Å². The lowest BCUT2D eigenvalue weighted by Crippen LogP contribution is -2.35. The first-order chi connectivity index (χ1) is 9.61. The molecule has 2 rings (SSSR count). The second kappa shape index (κ2) is 7.07. The van der Waals surface area contributed by atoms with E-state index in [1.165, 1.54) is 31.4 Å². The summed E-state index contributed by atoms with van der Waals surface area (Å²) in [5, 5.41) is 12.9. The molecule has 1 aliphatic carbocycles. The van der Waals surface area contributed by atoms with Crippen LogP contribution in [0.1, 0.15) is 36.0 Å². The molecule has 5 heteroatoms. The first kappa shape index (κ1) is 15.3. The first-order valence-electron chi connectivity index (χ1n) is 6.94. The number of aromatic hydroxyl groups is 1. The van der Waals surface area contributed by atoms with E-state index in [0.29, 0.717) is 18.4 Å². The highest BCUT2D eigenvalue weighted by atomic mass is 79.9.